The van der Waals surface area contributed by atoms with Gasteiger partial charge in [0.25, 0.3) is 0 Å². The van der Waals surface area contributed by atoms with Gasteiger partial charge in [-0.25, -0.2) is 0 Å². The van der Waals surface area contributed by atoms with Gasteiger partial charge in [-0.2, -0.15) is 5.10 Å². The number of rotatable bonds is 8. The SMILES string of the molecule is CCNC(Cc1c(Br)c(C)nn1CC)CC(C)CC. The van der Waals surface area contributed by atoms with Crippen LogP contribution in [0.2, 0.25) is 0 Å². The summed E-state index contributed by atoms with van der Waals surface area (Å²) in [6.07, 6.45) is 3.52. The maximum atomic E-state index is 4.58. The van der Waals surface area contributed by atoms with Crippen molar-refractivity contribution in [1.82, 2.24) is 15.1 Å². The number of hydrogen-bond acceptors (Lipinski definition) is 2. The molecule has 0 saturated heterocycles. The number of nitrogens with one attached hydrogen (secondary N) is 1. The molecule has 4 heteroatoms. The van der Waals surface area contributed by atoms with Gasteiger partial charge in [-0.1, -0.05) is 27.2 Å². The molecule has 19 heavy (non-hydrogen) atoms. The second-order valence-electron chi connectivity index (χ2n) is 5.37. The minimum atomic E-state index is 0.539. The zero-order valence-electron chi connectivity index (χ0n) is 13.0. The first kappa shape index (κ1) is 16.7. The van der Waals surface area contributed by atoms with Crippen LogP contribution < -0.4 is 5.32 Å². The minimum absolute atomic E-state index is 0.539. The zero-order chi connectivity index (χ0) is 14.4. The van der Waals surface area contributed by atoms with E-state index in [0.717, 1.165) is 31.1 Å². The Kier molecular flexibility index (Phi) is 7.08. The Morgan fingerprint density at radius 1 is 1.32 bits per heavy atom. The van der Waals surface area contributed by atoms with Crippen molar-refractivity contribution in [2.75, 3.05) is 6.54 Å². The molecular formula is C15H28BrN3. The van der Waals surface area contributed by atoms with Crippen molar-refractivity contribution >= 4 is 15.9 Å². The molecule has 0 aliphatic carbocycles. The monoisotopic (exact) mass is 329 g/mol. The number of halogens is 1. The van der Waals surface area contributed by atoms with Crippen molar-refractivity contribution < 1.29 is 0 Å². The quantitative estimate of drug-likeness (QED) is 0.783. The Bertz CT molecular complexity index is 387. The molecule has 0 aromatic carbocycles. The summed E-state index contributed by atoms with van der Waals surface area (Å²) >= 11 is 3.69. The summed E-state index contributed by atoms with van der Waals surface area (Å²) in [5.74, 6) is 0.766. The fraction of sp³-hybridized carbons (Fsp3) is 0.800. The average molecular weight is 330 g/mol. The van der Waals surface area contributed by atoms with E-state index in [1.165, 1.54) is 23.0 Å². The summed E-state index contributed by atoms with van der Waals surface area (Å²) in [5.41, 5.74) is 2.42. The zero-order valence-corrected chi connectivity index (χ0v) is 14.5. The highest BCUT2D eigenvalue weighted by molar-refractivity contribution is 9.10. The van der Waals surface area contributed by atoms with Crippen molar-refractivity contribution in [3.8, 4) is 0 Å². The molecule has 0 aliphatic heterocycles. The van der Waals surface area contributed by atoms with E-state index in [0.29, 0.717) is 6.04 Å². The Morgan fingerprint density at radius 2 is 2.00 bits per heavy atom. The summed E-state index contributed by atoms with van der Waals surface area (Å²) in [7, 11) is 0. The highest BCUT2D eigenvalue weighted by Gasteiger charge is 2.18. The Hall–Kier alpha value is -0.350. The van der Waals surface area contributed by atoms with Gasteiger partial charge in [-0.15, -0.1) is 0 Å². The van der Waals surface area contributed by atoms with E-state index in [1.54, 1.807) is 0 Å². The maximum absolute atomic E-state index is 4.58. The number of aryl methyl sites for hydroxylation is 2. The van der Waals surface area contributed by atoms with Gasteiger partial charge in [0.1, 0.15) is 0 Å². The normalized spacial score (nSPS) is 14.6. The van der Waals surface area contributed by atoms with E-state index < -0.39 is 0 Å². The third-order valence-electron chi connectivity index (χ3n) is 3.77. The van der Waals surface area contributed by atoms with Crippen molar-refractivity contribution in [1.29, 1.82) is 0 Å². The highest BCUT2D eigenvalue weighted by Crippen LogP contribution is 2.24. The molecule has 1 aromatic heterocycles. The lowest BCUT2D eigenvalue weighted by atomic mass is 9.96. The fourth-order valence-electron chi connectivity index (χ4n) is 2.48. The molecule has 3 nitrogen and oxygen atoms in total. The van der Waals surface area contributed by atoms with Gasteiger partial charge in [-0.05, 0) is 48.7 Å². The predicted molar refractivity (Wildman–Crippen MR) is 85.6 cm³/mol. The van der Waals surface area contributed by atoms with E-state index >= 15 is 0 Å². The van der Waals surface area contributed by atoms with Gasteiger partial charge in [0.05, 0.1) is 15.9 Å². The third-order valence-corrected chi connectivity index (χ3v) is 4.80. The first-order valence-corrected chi connectivity index (χ1v) is 8.27. The van der Waals surface area contributed by atoms with Crippen molar-refractivity contribution in [3.05, 3.63) is 15.9 Å². The van der Waals surface area contributed by atoms with Crippen LogP contribution in [0.4, 0.5) is 0 Å². The second-order valence-corrected chi connectivity index (χ2v) is 6.16. The molecule has 0 spiro atoms. The van der Waals surface area contributed by atoms with Gasteiger partial charge in [0.15, 0.2) is 0 Å². The molecule has 0 radical (unpaired) electrons. The molecule has 110 valence electrons. The molecule has 1 rings (SSSR count). The van der Waals surface area contributed by atoms with Crippen molar-refractivity contribution in [2.45, 2.75) is 66.5 Å². The van der Waals surface area contributed by atoms with Crippen LogP contribution in [0.3, 0.4) is 0 Å². The van der Waals surface area contributed by atoms with Crippen LogP contribution in [0.25, 0.3) is 0 Å². The topological polar surface area (TPSA) is 29.9 Å². The van der Waals surface area contributed by atoms with Gasteiger partial charge in [0.2, 0.25) is 0 Å². The smallest absolute Gasteiger partial charge is 0.0738 e. The predicted octanol–water partition coefficient (Wildman–Crippen LogP) is 3.93. The second kappa shape index (κ2) is 8.05. The molecule has 0 bridgehead atoms. The van der Waals surface area contributed by atoms with Gasteiger partial charge >= 0.3 is 0 Å². The van der Waals surface area contributed by atoms with Crippen molar-refractivity contribution in [3.63, 3.8) is 0 Å². The van der Waals surface area contributed by atoms with Gasteiger partial charge in [0, 0.05) is 19.0 Å². The molecular weight excluding hydrogens is 302 g/mol. The lowest BCUT2D eigenvalue weighted by Crippen LogP contribution is -2.33. The molecule has 1 aromatic rings. The first-order valence-electron chi connectivity index (χ1n) is 7.48. The Balaban J connectivity index is 2.83. The number of hydrogen-bond donors (Lipinski definition) is 1. The molecule has 2 atom stereocenters. The van der Waals surface area contributed by atoms with Crippen LogP contribution in [-0.2, 0) is 13.0 Å². The molecule has 1 heterocycles. The van der Waals surface area contributed by atoms with Gasteiger partial charge in [-0.3, -0.25) is 4.68 Å². The maximum Gasteiger partial charge on any atom is 0.0738 e. The van der Waals surface area contributed by atoms with E-state index in [9.17, 15) is 0 Å². The largest absolute Gasteiger partial charge is 0.314 e. The molecule has 1 N–H and O–H groups in total. The van der Waals surface area contributed by atoms with E-state index in [2.05, 4.69) is 65.6 Å². The Labute approximate surface area is 126 Å². The summed E-state index contributed by atoms with van der Waals surface area (Å²) in [6.45, 7) is 13.0. The van der Waals surface area contributed by atoms with Crippen LogP contribution in [0, 0.1) is 12.8 Å². The molecule has 2 unspecified atom stereocenters. The number of nitrogens with zero attached hydrogens (tertiary/aromatic N) is 2. The van der Waals surface area contributed by atoms with E-state index in [4.69, 9.17) is 0 Å². The lowest BCUT2D eigenvalue weighted by molar-refractivity contribution is 0.389. The first-order chi connectivity index (χ1) is 9.03. The van der Waals surface area contributed by atoms with Crippen LogP contribution in [-0.4, -0.2) is 22.4 Å². The molecule has 0 saturated carbocycles. The molecule has 0 aliphatic rings. The van der Waals surface area contributed by atoms with Gasteiger partial charge < -0.3 is 5.32 Å². The summed E-state index contributed by atoms with van der Waals surface area (Å²) < 4.78 is 3.31. The fourth-order valence-corrected chi connectivity index (χ4v) is 2.92. The number of aromatic nitrogens is 2. The highest BCUT2D eigenvalue weighted by atomic mass is 79.9. The summed E-state index contributed by atoms with van der Waals surface area (Å²) in [6, 6.07) is 0.539. The molecule has 0 amide bonds. The minimum Gasteiger partial charge on any atom is -0.314 e. The standard InChI is InChI=1S/C15H28BrN3/c1-6-11(4)9-13(17-7-2)10-14-15(16)12(5)18-19(14)8-3/h11,13,17H,6-10H2,1-5H3. The van der Waals surface area contributed by atoms with E-state index in [1.807, 2.05) is 0 Å². The Morgan fingerprint density at radius 3 is 2.53 bits per heavy atom. The van der Waals surface area contributed by atoms with Crippen LogP contribution >= 0.6 is 15.9 Å². The van der Waals surface area contributed by atoms with Crippen LogP contribution in [0.1, 0.15) is 51.9 Å². The molecule has 0 fully saturated rings. The van der Waals surface area contributed by atoms with Crippen LogP contribution in [0.15, 0.2) is 4.47 Å². The van der Waals surface area contributed by atoms with Crippen molar-refractivity contribution in [2.24, 2.45) is 5.92 Å². The van der Waals surface area contributed by atoms with E-state index in [-0.39, 0.29) is 0 Å². The lowest BCUT2D eigenvalue weighted by Gasteiger charge is -2.21. The summed E-state index contributed by atoms with van der Waals surface area (Å²) in [4.78, 5) is 0. The third kappa shape index (κ3) is 4.60. The number of likely N-dealkylation sites (N-methyl/N-ethyl adjacent to an activating group) is 1. The average Bonchev–Trinajstić information content (AvgIpc) is 2.66. The van der Waals surface area contributed by atoms with Crippen LogP contribution in [0.5, 0.6) is 0 Å². The summed E-state index contributed by atoms with van der Waals surface area (Å²) in [5, 5.41) is 8.21.